The van der Waals surface area contributed by atoms with Crippen LogP contribution >= 0.6 is 0 Å². The Bertz CT molecular complexity index is 1030. The van der Waals surface area contributed by atoms with Crippen LogP contribution < -0.4 is 16.2 Å². The molecule has 0 aromatic heterocycles. The Kier molecular flexibility index (Phi) is 6.10. The summed E-state index contributed by atoms with van der Waals surface area (Å²) in [4.78, 5) is 26.6. The normalized spacial score (nSPS) is 11.3. The van der Waals surface area contributed by atoms with Gasteiger partial charge in [-0.1, -0.05) is 42.5 Å². The predicted molar refractivity (Wildman–Crippen MR) is 117 cm³/mol. The molecular formula is C24H28N2O2. The van der Waals surface area contributed by atoms with Crippen molar-refractivity contribution in [1.82, 2.24) is 4.90 Å². The number of hydrogen-bond donors (Lipinski definition) is 1. The lowest BCUT2D eigenvalue weighted by Crippen LogP contribution is -2.37. The van der Waals surface area contributed by atoms with E-state index in [0.29, 0.717) is 17.8 Å². The summed E-state index contributed by atoms with van der Waals surface area (Å²) >= 11 is 0. The molecule has 0 aliphatic carbocycles. The predicted octanol–water partition coefficient (Wildman–Crippen LogP) is 3.81. The third-order valence-electron chi connectivity index (χ3n) is 5.33. The minimum Gasteiger partial charge on any atom is -0.381 e. The highest BCUT2D eigenvalue weighted by Crippen LogP contribution is 2.29. The van der Waals surface area contributed by atoms with Gasteiger partial charge in [0.25, 0.3) is 0 Å². The van der Waals surface area contributed by atoms with E-state index >= 15 is 0 Å². The SMILES string of the molecule is Cc1cc(C)c(-c2c(NCCCN(C)Cc3ccccc3)c(=O)c2=O)cc1C. The molecule has 3 aromatic carbocycles. The second kappa shape index (κ2) is 8.53. The summed E-state index contributed by atoms with van der Waals surface area (Å²) in [5, 5.41) is 3.21. The molecule has 3 rings (SSSR count). The number of rotatable bonds is 8. The van der Waals surface area contributed by atoms with E-state index in [-0.39, 0.29) is 5.43 Å². The van der Waals surface area contributed by atoms with Crippen LogP contribution in [0.5, 0.6) is 0 Å². The summed E-state index contributed by atoms with van der Waals surface area (Å²) in [5.74, 6) is 0. The molecule has 0 spiro atoms. The molecule has 0 aliphatic rings. The summed E-state index contributed by atoms with van der Waals surface area (Å²) in [6.07, 6.45) is 0.896. The van der Waals surface area contributed by atoms with Crippen LogP contribution in [0, 0.1) is 20.8 Å². The molecule has 0 saturated carbocycles. The van der Waals surface area contributed by atoms with Crippen LogP contribution in [0.25, 0.3) is 11.1 Å². The van der Waals surface area contributed by atoms with E-state index in [2.05, 4.69) is 42.4 Å². The third kappa shape index (κ3) is 4.23. The van der Waals surface area contributed by atoms with Crippen LogP contribution in [0.3, 0.4) is 0 Å². The molecule has 0 bridgehead atoms. The van der Waals surface area contributed by atoms with Crippen molar-refractivity contribution in [3.63, 3.8) is 0 Å². The van der Waals surface area contributed by atoms with Crippen molar-refractivity contribution in [3.05, 3.63) is 85.2 Å². The molecule has 0 saturated heterocycles. The summed E-state index contributed by atoms with van der Waals surface area (Å²) in [7, 11) is 2.09. The maximum absolute atomic E-state index is 12.2. The van der Waals surface area contributed by atoms with Gasteiger partial charge in [0.15, 0.2) is 0 Å². The Morgan fingerprint density at radius 1 is 0.893 bits per heavy atom. The van der Waals surface area contributed by atoms with Crippen LogP contribution in [-0.4, -0.2) is 25.0 Å². The number of nitrogens with zero attached hydrogens (tertiary/aromatic N) is 1. The van der Waals surface area contributed by atoms with Crippen molar-refractivity contribution in [1.29, 1.82) is 0 Å². The first kappa shape index (κ1) is 20.0. The summed E-state index contributed by atoms with van der Waals surface area (Å²) < 4.78 is 0. The van der Waals surface area contributed by atoms with Gasteiger partial charge in [-0.3, -0.25) is 9.59 Å². The van der Waals surface area contributed by atoms with Gasteiger partial charge in [-0.25, -0.2) is 0 Å². The van der Waals surface area contributed by atoms with Crippen molar-refractivity contribution in [2.45, 2.75) is 33.7 Å². The number of benzene rings is 2. The van der Waals surface area contributed by atoms with E-state index in [1.54, 1.807) is 0 Å². The van der Waals surface area contributed by atoms with Crippen LogP contribution in [-0.2, 0) is 6.54 Å². The van der Waals surface area contributed by atoms with Crippen LogP contribution in [0.15, 0.2) is 52.1 Å². The van der Waals surface area contributed by atoms with E-state index in [1.807, 2.05) is 38.1 Å². The molecule has 4 nitrogen and oxygen atoms in total. The Hall–Kier alpha value is -2.72. The van der Waals surface area contributed by atoms with Crippen molar-refractivity contribution in [2.75, 3.05) is 25.5 Å². The van der Waals surface area contributed by atoms with Crippen molar-refractivity contribution in [2.24, 2.45) is 0 Å². The molecule has 0 aliphatic heterocycles. The molecule has 0 radical (unpaired) electrons. The van der Waals surface area contributed by atoms with Gasteiger partial charge >= 0.3 is 0 Å². The van der Waals surface area contributed by atoms with E-state index in [1.165, 1.54) is 11.1 Å². The van der Waals surface area contributed by atoms with Gasteiger partial charge in [-0.15, -0.1) is 0 Å². The highest BCUT2D eigenvalue weighted by molar-refractivity contribution is 5.84. The Morgan fingerprint density at radius 3 is 2.29 bits per heavy atom. The van der Waals surface area contributed by atoms with Gasteiger partial charge in [-0.2, -0.15) is 0 Å². The van der Waals surface area contributed by atoms with Gasteiger partial charge in [0.2, 0.25) is 10.9 Å². The summed E-state index contributed by atoms with van der Waals surface area (Å²) in [6.45, 7) is 8.55. The molecule has 0 atom stereocenters. The Balaban J connectivity index is 1.61. The quantitative estimate of drug-likeness (QED) is 0.480. The zero-order valence-corrected chi connectivity index (χ0v) is 17.1. The zero-order valence-electron chi connectivity index (χ0n) is 17.1. The smallest absolute Gasteiger partial charge is 0.250 e. The highest BCUT2D eigenvalue weighted by Gasteiger charge is 2.23. The van der Waals surface area contributed by atoms with Crippen molar-refractivity contribution >= 4 is 5.69 Å². The van der Waals surface area contributed by atoms with E-state index in [9.17, 15) is 9.59 Å². The first-order valence-electron chi connectivity index (χ1n) is 9.76. The molecule has 0 amide bonds. The highest BCUT2D eigenvalue weighted by atomic mass is 16.2. The van der Waals surface area contributed by atoms with Crippen molar-refractivity contribution < 1.29 is 0 Å². The zero-order chi connectivity index (χ0) is 20.3. The minimum atomic E-state index is -0.398. The molecule has 28 heavy (non-hydrogen) atoms. The van der Waals surface area contributed by atoms with Gasteiger partial charge in [0, 0.05) is 13.1 Å². The largest absolute Gasteiger partial charge is 0.381 e. The molecule has 1 N–H and O–H groups in total. The van der Waals surface area contributed by atoms with Gasteiger partial charge in [0.1, 0.15) is 0 Å². The standard InChI is InChI=1S/C24H28N2O2/c1-16-13-18(3)20(14-17(16)2)21-22(24(28)23(21)27)25-11-8-12-26(4)15-19-9-6-5-7-10-19/h5-7,9-10,13-14,25H,8,11-12,15H2,1-4H3. The average Bonchev–Trinajstić information content (AvgIpc) is 2.68. The number of anilines is 1. The van der Waals surface area contributed by atoms with Crippen LogP contribution in [0.1, 0.15) is 28.7 Å². The average molecular weight is 377 g/mol. The molecule has 0 fully saturated rings. The minimum absolute atomic E-state index is 0.380. The fourth-order valence-electron chi connectivity index (χ4n) is 3.58. The molecule has 3 aromatic rings. The number of hydrogen-bond acceptors (Lipinski definition) is 4. The lowest BCUT2D eigenvalue weighted by Gasteiger charge is -2.19. The second-order valence-corrected chi connectivity index (χ2v) is 7.66. The van der Waals surface area contributed by atoms with E-state index in [4.69, 9.17) is 0 Å². The fourth-order valence-corrected chi connectivity index (χ4v) is 3.58. The van der Waals surface area contributed by atoms with Gasteiger partial charge in [0.05, 0.1) is 11.3 Å². The first-order chi connectivity index (χ1) is 13.4. The molecule has 146 valence electrons. The third-order valence-corrected chi connectivity index (χ3v) is 5.33. The van der Waals surface area contributed by atoms with Gasteiger partial charge < -0.3 is 10.2 Å². The fraction of sp³-hybridized carbons (Fsp3) is 0.333. The topological polar surface area (TPSA) is 49.4 Å². The summed E-state index contributed by atoms with van der Waals surface area (Å²) in [6, 6.07) is 14.4. The molecule has 0 unspecified atom stereocenters. The van der Waals surface area contributed by atoms with E-state index < -0.39 is 5.43 Å². The first-order valence-corrected chi connectivity index (χ1v) is 9.76. The number of aryl methyl sites for hydroxylation is 3. The monoisotopic (exact) mass is 376 g/mol. The number of nitrogens with one attached hydrogen (secondary N) is 1. The van der Waals surface area contributed by atoms with Crippen LogP contribution in [0.4, 0.5) is 5.69 Å². The second-order valence-electron chi connectivity index (χ2n) is 7.66. The molecule has 4 heteroatoms. The molecular weight excluding hydrogens is 348 g/mol. The Morgan fingerprint density at radius 2 is 1.57 bits per heavy atom. The van der Waals surface area contributed by atoms with Crippen LogP contribution in [0.2, 0.25) is 0 Å². The summed E-state index contributed by atoms with van der Waals surface area (Å²) in [5.41, 5.74) is 5.74. The lowest BCUT2D eigenvalue weighted by molar-refractivity contribution is 0.325. The Labute approximate surface area is 166 Å². The van der Waals surface area contributed by atoms with Gasteiger partial charge in [-0.05, 0) is 68.6 Å². The maximum Gasteiger partial charge on any atom is 0.250 e. The van der Waals surface area contributed by atoms with E-state index in [0.717, 1.165) is 36.2 Å². The lowest BCUT2D eigenvalue weighted by atomic mass is 9.91. The maximum atomic E-state index is 12.2. The van der Waals surface area contributed by atoms with Crippen molar-refractivity contribution in [3.8, 4) is 11.1 Å². The molecule has 0 heterocycles.